The molecule has 1 fully saturated rings. The van der Waals surface area contributed by atoms with Crippen LogP contribution in [-0.2, 0) is 4.74 Å². The summed E-state index contributed by atoms with van der Waals surface area (Å²) >= 11 is 5.94. The summed E-state index contributed by atoms with van der Waals surface area (Å²) in [6.07, 6.45) is -1.62. The number of fused-ring (bicyclic) bond motifs is 1. The summed E-state index contributed by atoms with van der Waals surface area (Å²) in [7, 11) is 0. The Hall–Kier alpha value is -1.06. The molecule has 0 aromatic rings. The molecule has 3 rings (SSSR count). The standard InChI is InChI=1S/C10H13ClN4O4/c11-8-5-9(13-2-12-8)15(3-14-5)10-7(18)6(17)4(1-16)19-10/h2-7,9-10,16-18H,1H2/t4-,5?,6-,7-,9?,10-/m1/s1. The van der Waals surface area contributed by atoms with Crippen LogP contribution < -0.4 is 0 Å². The highest BCUT2D eigenvalue weighted by atomic mass is 35.5. The first-order valence-corrected chi connectivity index (χ1v) is 6.19. The number of hydrogen-bond donors (Lipinski definition) is 3. The predicted octanol–water partition coefficient (Wildman–Crippen LogP) is -1.86. The topological polar surface area (TPSA) is 110 Å². The molecule has 1 saturated heterocycles. The molecule has 0 radical (unpaired) electrons. The Morgan fingerprint density at radius 3 is 2.79 bits per heavy atom. The maximum Gasteiger partial charge on any atom is 0.162 e. The van der Waals surface area contributed by atoms with Crippen LogP contribution in [0.25, 0.3) is 0 Å². The molecule has 0 saturated carbocycles. The molecule has 0 amide bonds. The highest BCUT2D eigenvalue weighted by Crippen LogP contribution is 2.30. The van der Waals surface area contributed by atoms with Gasteiger partial charge < -0.3 is 25.0 Å². The van der Waals surface area contributed by atoms with Crippen molar-refractivity contribution >= 4 is 29.4 Å². The second-order valence-corrected chi connectivity index (χ2v) is 4.90. The Morgan fingerprint density at radius 2 is 2.11 bits per heavy atom. The maximum atomic E-state index is 9.97. The summed E-state index contributed by atoms with van der Waals surface area (Å²) < 4.78 is 5.43. The van der Waals surface area contributed by atoms with E-state index in [4.69, 9.17) is 21.4 Å². The lowest BCUT2D eigenvalue weighted by Crippen LogP contribution is -2.49. The lowest BCUT2D eigenvalue weighted by atomic mass is 10.1. The van der Waals surface area contributed by atoms with Gasteiger partial charge in [-0.25, -0.2) is 9.98 Å². The van der Waals surface area contributed by atoms with Crippen molar-refractivity contribution in [3.05, 3.63) is 0 Å². The van der Waals surface area contributed by atoms with Crippen LogP contribution in [0.15, 0.2) is 15.0 Å². The Balaban J connectivity index is 1.80. The van der Waals surface area contributed by atoms with Crippen LogP contribution in [0.4, 0.5) is 0 Å². The third-order valence-corrected chi connectivity index (χ3v) is 3.73. The highest BCUT2D eigenvalue weighted by Gasteiger charge is 2.49. The molecule has 104 valence electrons. The molecular formula is C10H13ClN4O4. The molecule has 19 heavy (non-hydrogen) atoms. The van der Waals surface area contributed by atoms with Crippen LogP contribution in [-0.4, -0.2) is 81.4 Å². The molecule has 8 nitrogen and oxygen atoms in total. The van der Waals surface area contributed by atoms with Crippen LogP contribution in [0, 0.1) is 0 Å². The zero-order chi connectivity index (χ0) is 13.6. The highest BCUT2D eigenvalue weighted by molar-refractivity contribution is 6.67. The van der Waals surface area contributed by atoms with E-state index in [1.165, 1.54) is 12.7 Å². The molecule has 0 aliphatic carbocycles. The number of aliphatic hydroxyl groups is 3. The van der Waals surface area contributed by atoms with E-state index in [0.29, 0.717) is 5.17 Å². The van der Waals surface area contributed by atoms with E-state index < -0.39 is 36.7 Å². The molecule has 3 aliphatic heterocycles. The number of halogens is 1. The minimum atomic E-state index is -1.16. The van der Waals surface area contributed by atoms with E-state index in [2.05, 4.69) is 15.0 Å². The third kappa shape index (κ3) is 1.96. The Bertz CT molecular complexity index is 457. The van der Waals surface area contributed by atoms with Crippen molar-refractivity contribution in [2.75, 3.05) is 6.61 Å². The van der Waals surface area contributed by atoms with Crippen LogP contribution in [0.1, 0.15) is 0 Å². The number of ether oxygens (including phenoxy) is 1. The van der Waals surface area contributed by atoms with Crippen molar-refractivity contribution < 1.29 is 20.1 Å². The zero-order valence-electron chi connectivity index (χ0n) is 9.74. The SMILES string of the molecule is OC[C@H]1O[C@@H](N2C=NC3C(Cl)=NC=NC32)[C@H](O)[C@@H]1O. The summed E-state index contributed by atoms with van der Waals surface area (Å²) in [6.45, 7) is -0.376. The fourth-order valence-corrected chi connectivity index (χ4v) is 2.59. The van der Waals surface area contributed by atoms with Gasteiger partial charge in [0.15, 0.2) is 12.4 Å². The van der Waals surface area contributed by atoms with Gasteiger partial charge in [-0.2, -0.15) is 0 Å². The lowest BCUT2D eigenvalue weighted by Gasteiger charge is -2.31. The van der Waals surface area contributed by atoms with Crippen molar-refractivity contribution in [3.63, 3.8) is 0 Å². The van der Waals surface area contributed by atoms with E-state index in [0.717, 1.165) is 0 Å². The van der Waals surface area contributed by atoms with E-state index >= 15 is 0 Å². The van der Waals surface area contributed by atoms with Gasteiger partial charge >= 0.3 is 0 Å². The minimum absolute atomic E-state index is 0.311. The number of hydrogen-bond acceptors (Lipinski definition) is 8. The average molecular weight is 289 g/mol. The molecule has 6 atom stereocenters. The monoisotopic (exact) mass is 288 g/mol. The van der Waals surface area contributed by atoms with E-state index in [1.807, 2.05) is 0 Å². The third-order valence-electron chi connectivity index (χ3n) is 3.40. The Kier molecular flexibility index (Phi) is 3.27. The van der Waals surface area contributed by atoms with Gasteiger partial charge in [-0.15, -0.1) is 0 Å². The van der Waals surface area contributed by atoms with Crippen LogP contribution in [0.5, 0.6) is 0 Å². The number of rotatable bonds is 2. The lowest BCUT2D eigenvalue weighted by molar-refractivity contribution is -0.0777. The van der Waals surface area contributed by atoms with Gasteiger partial charge in [0.2, 0.25) is 0 Å². The second kappa shape index (κ2) is 4.80. The summed E-state index contributed by atoms with van der Waals surface area (Å²) in [4.78, 5) is 13.7. The quantitative estimate of drug-likeness (QED) is 0.552. The van der Waals surface area contributed by atoms with Gasteiger partial charge in [0.05, 0.1) is 12.9 Å². The zero-order valence-corrected chi connectivity index (χ0v) is 10.5. The normalized spacial score (nSPS) is 44.6. The molecule has 0 aromatic heterocycles. The summed E-state index contributed by atoms with van der Waals surface area (Å²) in [5.41, 5.74) is 0. The Morgan fingerprint density at radius 1 is 1.32 bits per heavy atom. The minimum Gasteiger partial charge on any atom is -0.394 e. The summed E-state index contributed by atoms with van der Waals surface area (Å²) in [6, 6.07) is -0.423. The first-order chi connectivity index (χ1) is 9.13. The van der Waals surface area contributed by atoms with Gasteiger partial charge in [-0.1, -0.05) is 11.6 Å². The maximum absolute atomic E-state index is 9.97. The number of aliphatic imine (C=N–C) groups is 3. The molecule has 0 spiro atoms. The van der Waals surface area contributed by atoms with Crippen LogP contribution in [0.2, 0.25) is 0 Å². The average Bonchev–Trinajstić information content (AvgIpc) is 2.94. The van der Waals surface area contributed by atoms with Crippen LogP contribution >= 0.6 is 11.6 Å². The smallest absolute Gasteiger partial charge is 0.162 e. The largest absolute Gasteiger partial charge is 0.394 e. The van der Waals surface area contributed by atoms with Crippen molar-refractivity contribution in [1.82, 2.24) is 4.90 Å². The molecule has 3 aliphatic rings. The molecule has 0 aromatic carbocycles. The van der Waals surface area contributed by atoms with Gasteiger partial charge in [0, 0.05) is 0 Å². The van der Waals surface area contributed by atoms with Crippen molar-refractivity contribution in [3.8, 4) is 0 Å². The van der Waals surface area contributed by atoms with E-state index in [9.17, 15) is 10.2 Å². The first kappa shape index (κ1) is 12.9. The fourth-order valence-electron chi connectivity index (χ4n) is 2.38. The molecule has 2 unspecified atom stereocenters. The fraction of sp³-hybridized carbons (Fsp3) is 0.700. The van der Waals surface area contributed by atoms with Gasteiger partial charge in [0.1, 0.15) is 35.9 Å². The molecule has 3 N–H and O–H groups in total. The molecular weight excluding hydrogens is 276 g/mol. The van der Waals surface area contributed by atoms with Crippen LogP contribution in [0.3, 0.4) is 0 Å². The molecule has 3 heterocycles. The summed E-state index contributed by atoms with van der Waals surface area (Å²) in [5, 5.41) is 29.1. The number of aliphatic hydroxyl groups excluding tert-OH is 3. The molecule has 0 bridgehead atoms. The first-order valence-electron chi connectivity index (χ1n) is 5.81. The Labute approximate surface area is 113 Å². The second-order valence-electron chi connectivity index (χ2n) is 4.52. The van der Waals surface area contributed by atoms with Gasteiger partial charge in [-0.3, -0.25) is 4.99 Å². The predicted molar refractivity (Wildman–Crippen MR) is 67.4 cm³/mol. The van der Waals surface area contributed by atoms with Gasteiger partial charge in [0.25, 0.3) is 0 Å². The van der Waals surface area contributed by atoms with Gasteiger partial charge in [-0.05, 0) is 0 Å². The van der Waals surface area contributed by atoms with Crippen molar-refractivity contribution in [2.45, 2.75) is 36.7 Å². The van der Waals surface area contributed by atoms with E-state index in [-0.39, 0.29) is 6.61 Å². The molecule has 9 heteroatoms. The van der Waals surface area contributed by atoms with Crippen molar-refractivity contribution in [2.24, 2.45) is 15.0 Å². The summed E-state index contributed by atoms with van der Waals surface area (Å²) in [5.74, 6) is 0. The van der Waals surface area contributed by atoms with Crippen molar-refractivity contribution in [1.29, 1.82) is 0 Å². The van der Waals surface area contributed by atoms with E-state index in [1.54, 1.807) is 4.90 Å². The number of nitrogens with zero attached hydrogens (tertiary/aromatic N) is 4.